The summed E-state index contributed by atoms with van der Waals surface area (Å²) in [5, 5.41) is 0. The molecule has 34 heavy (non-hydrogen) atoms. The molecular weight excluding hydrogens is 424 g/mol. The lowest BCUT2D eigenvalue weighted by molar-refractivity contribution is -0.251. The van der Waals surface area contributed by atoms with Crippen LogP contribution in [-0.4, -0.2) is 11.9 Å². The Morgan fingerprint density at radius 3 is 1.03 bits per heavy atom. The van der Waals surface area contributed by atoms with Crippen molar-refractivity contribution in [2.24, 2.45) is 32.5 Å². The molecule has 0 fully saturated rings. The number of carbonyl (C=O) groups is 2. The third-order valence-corrected chi connectivity index (χ3v) is 8.40. The first-order valence-corrected chi connectivity index (χ1v) is 12.4. The summed E-state index contributed by atoms with van der Waals surface area (Å²) in [5.74, 6) is -1.31. The molecule has 0 heterocycles. The summed E-state index contributed by atoms with van der Waals surface area (Å²) in [6.45, 7) is 26.7. The summed E-state index contributed by atoms with van der Waals surface area (Å²) in [4.78, 5) is 35.1. The number of carbonyl (C=O) groups excluding carboxylic acids is 2. The minimum atomic E-state index is -0.653. The van der Waals surface area contributed by atoms with Crippen molar-refractivity contribution in [1.82, 2.24) is 0 Å². The van der Waals surface area contributed by atoms with Gasteiger partial charge in [-0.3, -0.25) is 0 Å². The molecule has 0 saturated carbocycles. The second kappa shape index (κ2) is 8.84. The molecular formula is C30H46O4. The Labute approximate surface area is 207 Å². The van der Waals surface area contributed by atoms with Crippen LogP contribution in [0.4, 0.5) is 0 Å². The van der Waals surface area contributed by atoms with Crippen LogP contribution in [0.1, 0.15) is 95.9 Å². The van der Waals surface area contributed by atoms with Crippen molar-refractivity contribution in [1.29, 1.82) is 0 Å². The van der Waals surface area contributed by atoms with Crippen molar-refractivity contribution in [3.8, 4) is 0 Å². The third kappa shape index (κ3) is 4.97. The van der Waals surface area contributed by atoms with Crippen molar-refractivity contribution in [3.05, 3.63) is 47.6 Å². The summed E-state index contributed by atoms with van der Waals surface area (Å²) in [6, 6.07) is 0. The Bertz CT molecular complexity index is 822. The fourth-order valence-corrected chi connectivity index (χ4v) is 6.23. The van der Waals surface area contributed by atoms with E-state index in [1.165, 1.54) is 0 Å². The van der Waals surface area contributed by atoms with E-state index in [0.717, 1.165) is 0 Å². The smallest absolute Gasteiger partial charge is 0.242 e. The molecule has 0 aromatic heterocycles. The van der Waals surface area contributed by atoms with Crippen LogP contribution in [0.15, 0.2) is 47.6 Å². The standard InChI is InChI=1S/C30H46O4/c1-25(2,3)29(26(4,5)6)17-13-21(14-18-29)23(31)33-34-24(32)22-15-19-30(20-16-22,27(7,8)9)28(10,11)12/h13-17,19H,18,20H2,1-12H3. The van der Waals surface area contributed by atoms with Gasteiger partial charge in [0.1, 0.15) is 0 Å². The minimum absolute atomic E-state index is 0.00920. The monoisotopic (exact) mass is 470 g/mol. The summed E-state index contributed by atoms with van der Waals surface area (Å²) >= 11 is 0. The molecule has 0 bridgehead atoms. The Hall–Kier alpha value is -2.10. The summed E-state index contributed by atoms with van der Waals surface area (Å²) < 4.78 is 0. The molecule has 0 N–H and O–H groups in total. The first kappa shape index (κ1) is 28.1. The van der Waals surface area contributed by atoms with Gasteiger partial charge < -0.3 is 0 Å². The maximum absolute atomic E-state index is 12.6. The first-order valence-electron chi connectivity index (χ1n) is 12.4. The third-order valence-electron chi connectivity index (χ3n) is 8.40. The molecule has 4 nitrogen and oxygen atoms in total. The normalized spacial score (nSPS) is 20.4. The van der Waals surface area contributed by atoms with Gasteiger partial charge in [0.25, 0.3) is 0 Å². The zero-order valence-electron chi connectivity index (χ0n) is 23.5. The van der Waals surface area contributed by atoms with Crippen molar-refractivity contribution >= 4 is 11.9 Å². The molecule has 0 saturated heterocycles. The maximum atomic E-state index is 12.6. The van der Waals surface area contributed by atoms with Crippen LogP contribution in [0.2, 0.25) is 0 Å². The summed E-state index contributed by atoms with van der Waals surface area (Å²) in [6.07, 6.45) is 13.1. The quantitative estimate of drug-likeness (QED) is 0.304. The number of hydrogen-bond acceptors (Lipinski definition) is 4. The van der Waals surface area contributed by atoms with E-state index in [9.17, 15) is 9.59 Å². The van der Waals surface area contributed by atoms with Gasteiger partial charge in [0, 0.05) is 10.8 Å². The van der Waals surface area contributed by atoms with Crippen molar-refractivity contribution in [3.63, 3.8) is 0 Å². The zero-order valence-corrected chi connectivity index (χ0v) is 23.5. The highest BCUT2D eigenvalue weighted by Gasteiger charge is 2.50. The van der Waals surface area contributed by atoms with Gasteiger partial charge in [-0.2, -0.15) is 0 Å². The number of hydrogen-bond donors (Lipinski definition) is 0. The van der Waals surface area contributed by atoms with Crippen LogP contribution in [0.5, 0.6) is 0 Å². The van der Waals surface area contributed by atoms with Crippen LogP contribution < -0.4 is 0 Å². The van der Waals surface area contributed by atoms with Gasteiger partial charge in [-0.05, 0) is 34.5 Å². The Kier molecular flexibility index (Phi) is 7.32. The highest BCUT2D eigenvalue weighted by molar-refractivity contribution is 5.94. The van der Waals surface area contributed by atoms with Gasteiger partial charge in [-0.1, -0.05) is 120 Å². The lowest BCUT2D eigenvalue weighted by Crippen LogP contribution is -2.45. The Balaban J connectivity index is 2.07. The molecule has 2 rings (SSSR count). The van der Waals surface area contributed by atoms with E-state index >= 15 is 0 Å². The van der Waals surface area contributed by atoms with Gasteiger partial charge in [0.2, 0.25) is 0 Å². The Morgan fingerprint density at radius 2 is 0.853 bits per heavy atom. The van der Waals surface area contributed by atoms with Crippen molar-refractivity contribution in [2.75, 3.05) is 0 Å². The van der Waals surface area contributed by atoms with Gasteiger partial charge in [0.15, 0.2) is 0 Å². The highest BCUT2D eigenvalue weighted by Crippen LogP contribution is 2.57. The molecule has 2 aliphatic rings. The van der Waals surface area contributed by atoms with E-state index in [0.29, 0.717) is 24.0 Å². The van der Waals surface area contributed by atoms with Crippen LogP contribution in [-0.2, 0) is 19.4 Å². The van der Waals surface area contributed by atoms with Gasteiger partial charge >= 0.3 is 11.9 Å². The maximum Gasteiger partial charge on any atom is 0.385 e. The number of allylic oxidation sites excluding steroid dienone is 4. The zero-order chi connectivity index (χ0) is 26.4. The SMILES string of the molecule is CC(C)(C)C1(C(C)(C)C)C=CC(C(=O)OOC(=O)C2=CCC(C(C)(C)C)(C(C)(C)C)C=C2)=CC1. The van der Waals surface area contributed by atoms with Gasteiger partial charge in [-0.15, -0.1) is 0 Å². The summed E-state index contributed by atoms with van der Waals surface area (Å²) in [7, 11) is 0. The molecule has 0 aromatic rings. The highest BCUT2D eigenvalue weighted by atomic mass is 17.2. The average Bonchev–Trinajstić information content (AvgIpc) is 2.68. The van der Waals surface area contributed by atoms with Gasteiger partial charge in [0.05, 0.1) is 11.1 Å². The second-order valence-corrected chi connectivity index (χ2v) is 14.1. The van der Waals surface area contributed by atoms with E-state index in [4.69, 9.17) is 9.78 Å². The molecule has 4 heteroatoms. The topological polar surface area (TPSA) is 52.6 Å². The molecule has 2 aliphatic carbocycles. The lowest BCUT2D eigenvalue weighted by Gasteiger charge is -2.53. The predicted octanol–water partition coefficient (Wildman–Crippen LogP) is 7.92. The Morgan fingerprint density at radius 1 is 0.588 bits per heavy atom. The van der Waals surface area contributed by atoms with Crippen molar-refractivity contribution in [2.45, 2.75) is 95.9 Å². The van der Waals surface area contributed by atoms with Gasteiger partial charge in [-0.25, -0.2) is 19.4 Å². The van der Waals surface area contributed by atoms with Crippen LogP contribution in [0.25, 0.3) is 0 Å². The molecule has 0 spiro atoms. The lowest BCUT2D eigenvalue weighted by atomic mass is 9.51. The molecule has 0 amide bonds. The van der Waals surface area contributed by atoms with Crippen LogP contribution in [0.3, 0.4) is 0 Å². The molecule has 190 valence electrons. The van der Waals surface area contributed by atoms with E-state index < -0.39 is 11.9 Å². The van der Waals surface area contributed by atoms with E-state index in [2.05, 4.69) is 95.2 Å². The second-order valence-electron chi connectivity index (χ2n) is 14.1. The van der Waals surface area contributed by atoms with E-state index in [1.54, 1.807) is 12.2 Å². The van der Waals surface area contributed by atoms with E-state index in [-0.39, 0.29) is 32.5 Å². The number of rotatable bonds is 2. The minimum Gasteiger partial charge on any atom is -0.242 e. The van der Waals surface area contributed by atoms with Crippen LogP contribution >= 0.6 is 0 Å². The van der Waals surface area contributed by atoms with Crippen LogP contribution in [0, 0.1) is 32.5 Å². The molecule has 0 aliphatic heterocycles. The summed E-state index contributed by atoms with van der Waals surface area (Å²) in [5.41, 5.74) is 0.638. The molecule has 0 unspecified atom stereocenters. The predicted molar refractivity (Wildman–Crippen MR) is 139 cm³/mol. The van der Waals surface area contributed by atoms with E-state index in [1.807, 2.05) is 12.2 Å². The average molecular weight is 471 g/mol. The first-order chi connectivity index (χ1) is 15.2. The van der Waals surface area contributed by atoms with Crippen molar-refractivity contribution < 1.29 is 19.4 Å². The molecule has 0 atom stereocenters. The largest absolute Gasteiger partial charge is 0.385 e. The fourth-order valence-electron chi connectivity index (χ4n) is 6.23. The molecule has 0 aromatic carbocycles. The molecule has 0 radical (unpaired) electrons. The fraction of sp³-hybridized carbons (Fsp3) is 0.667.